The van der Waals surface area contributed by atoms with Crippen molar-refractivity contribution in [1.82, 2.24) is 19.6 Å². The van der Waals surface area contributed by atoms with Crippen LogP contribution in [0.25, 0.3) is 0 Å². The van der Waals surface area contributed by atoms with Gasteiger partial charge >= 0.3 is 11.0 Å². The minimum absolute atomic E-state index is 0.0165. The lowest BCUT2D eigenvalue weighted by atomic mass is 9.97. The van der Waals surface area contributed by atoms with Crippen LogP contribution in [0.3, 0.4) is 0 Å². The Hall–Kier alpha value is -3.36. The molecule has 4 N–H and O–H groups in total. The molecule has 4 aromatic rings. The molecule has 0 saturated carbocycles. The molecule has 0 bridgehead atoms. The molecule has 2 fully saturated rings. The van der Waals surface area contributed by atoms with Gasteiger partial charge in [-0.15, -0.1) is 23.5 Å². The van der Waals surface area contributed by atoms with Crippen molar-refractivity contribution < 1.29 is 69.5 Å². The summed E-state index contributed by atoms with van der Waals surface area (Å²) < 4.78 is 191. The topological polar surface area (TPSA) is 220 Å². The van der Waals surface area contributed by atoms with E-state index in [9.17, 15) is 60.0 Å². The number of benzene rings is 4. The number of hydrogen-bond donors (Lipinski definition) is 2. The molecule has 0 spiro atoms. The van der Waals surface area contributed by atoms with E-state index in [4.69, 9.17) is 19.8 Å². The number of alkyl halides is 6. The van der Waals surface area contributed by atoms with Crippen LogP contribution >= 0.6 is 23.5 Å². The SMILES string of the molecule is CCN(CC)C[C@@H]1CN(CC[C@H](CSc2ccccc2)Cc2ccc(S(N)(=O)=O)cc2S(=O)(=O)C(F)(F)F)CCO1.CCN(CC)C[C@H]1CN(CC[C@H](CSc2ccccc2)Cc2ccc(S(N)(=O)=O)cc2S(=O)(=O)C(F)(F)F)CCO1. The summed E-state index contributed by atoms with van der Waals surface area (Å²) in [5, 5.41) is 10.2. The second-order valence-corrected chi connectivity index (χ2v) is 29.2. The second-order valence-electron chi connectivity index (χ2n) is 20.1. The molecule has 460 valence electrons. The van der Waals surface area contributed by atoms with Gasteiger partial charge in [0.2, 0.25) is 20.0 Å². The van der Waals surface area contributed by atoms with Gasteiger partial charge in [-0.1, -0.05) is 76.2 Å². The van der Waals surface area contributed by atoms with Gasteiger partial charge in [-0.05, 0) is 136 Å². The van der Waals surface area contributed by atoms with E-state index in [0.29, 0.717) is 62.8 Å². The van der Waals surface area contributed by atoms with Crippen LogP contribution in [0.1, 0.15) is 51.7 Å². The fraction of sp³-hybridized carbons (Fsp3) is 0.556. The molecule has 0 aromatic heterocycles. The third-order valence-corrected chi connectivity index (χ3v) is 21.7. The Morgan fingerprint density at radius 3 is 1.20 bits per heavy atom. The summed E-state index contributed by atoms with van der Waals surface area (Å²) in [5.41, 5.74) is -11.4. The Kier molecular flexibility index (Phi) is 26.5. The van der Waals surface area contributed by atoms with Gasteiger partial charge in [-0.25, -0.2) is 43.9 Å². The smallest absolute Gasteiger partial charge is 0.374 e. The number of halogens is 6. The Morgan fingerprint density at radius 2 is 0.890 bits per heavy atom. The zero-order valence-corrected chi connectivity index (χ0v) is 51.3. The van der Waals surface area contributed by atoms with Gasteiger partial charge in [0, 0.05) is 60.6 Å². The standard InChI is InChI=1S/2C27H38F3N3O5S3/c2*1-3-32(4-2)18-23-19-33(14-15-38-23)13-12-21(20-39-24-8-6-5-7-9-24)16-22-10-11-25(41(31,36)37)17-26(22)40(34,35)27(28,29)30/h2*5-11,17,21,23H,3-4,12-16,18-20H2,1-2H3,(H2,31,36,37)/t21-,23+;21-,23-/m00/s1. The van der Waals surface area contributed by atoms with Gasteiger partial charge < -0.3 is 19.3 Å². The third kappa shape index (κ3) is 21.0. The minimum atomic E-state index is -5.82. The average molecular weight is 1280 g/mol. The average Bonchev–Trinajstić information content (AvgIpc) is 3.16. The molecule has 2 aliphatic heterocycles. The van der Waals surface area contributed by atoms with E-state index in [2.05, 4.69) is 47.3 Å². The van der Waals surface area contributed by atoms with Gasteiger partial charge in [-0.2, -0.15) is 26.3 Å². The first-order valence-corrected chi connectivity index (χ1v) is 34.9. The fourth-order valence-corrected chi connectivity index (χ4v) is 15.0. The van der Waals surface area contributed by atoms with Crippen molar-refractivity contribution in [3.63, 3.8) is 0 Å². The maximum atomic E-state index is 13.6. The van der Waals surface area contributed by atoms with E-state index >= 15 is 0 Å². The number of sulfonamides is 2. The number of morpholine rings is 2. The number of sulfone groups is 2. The number of rotatable bonds is 28. The monoisotopic (exact) mass is 1270 g/mol. The van der Waals surface area contributed by atoms with Crippen LogP contribution < -0.4 is 10.3 Å². The molecule has 2 saturated heterocycles. The van der Waals surface area contributed by atoms with E-state index in [1.54, 1.807) is 0 Å². The van der Waals surface area contributed by atoms with Gasteiger partial charge in [0.05, 0.1) is 45.0 Å². The van der Waals surface area contributed by atoms with Crippen molar-refractivity contribution in [2.24, 2.45) is 22.1 Å². The maximum absolute atomic E-state index is 13.6. The van der Waals surface area contributed by atoms with Crippen LogP contribution in [0.5, 0.6) is 0 Å². The number of ether oxygens (including phenoxy) is 2. The quantitative estimate of drug-likeness (QED) is 0.0406. The van der Waals surface area contributed by atoms with Gasteiger partial charge in [0.15, 0.2) is 0 Å². The van der Waals surface area contributed by atoms with Crippen LogP contribution in [0.15, 0.2) is 126 Å². The Bertz CT molecular complexity index is 2880. The highest BCUT2D eigenvalue weighted by molar-refractivity contribution is 7.99. The molecule has 2 heterocycles. The van der Waals surface area contributed by atoms with Crippen LogP contribution in [0.4, 0.5) is 26.3 Å². The second kappa shape index (κ2) is 31.3. The number of hydrogen-bond acceptors (Lipinski definition) is 16. The van der Waals surface area contributed by atoms with E-state index in [0.717, 1.165) is 99.5 Å². The molecule has 0 unspecified atom stereocenters. The lowest BCUT2D eigenvalue weighted by molar-refractivity contribution is -0.0443. The van der Waals surface area contributed by atoms with Crippen molar-refractivity contribution >= 4 is 63.2 Å². The van der Waals surface area contributed by atoms with Crippen LogP contribution in [0.2, 0.25) is 0 Å². The van der Waals surface area contributed by atoms with E-state index in [1.807, 2.05) is 60.7 Å². The van der Waals surface area contributed by atoms with Crippen molar-refractivity contribution in [2.45, 2.75) is 106 Å². The number of nitrogens with zero attached hydrogens (tertiary/aromatic N) is 4. The molecule has 4 aromatic carbocycles. The highest BCUT2D eigenvalue weighted by atomic mass is 32.2. The highest BCUT2D eigenvalue weighted by Crippen LogP contribution is 2.38. The number of likely N-dealkylation sites (N-methyl/N-ethyl adjacent to an activating group) is 2. The van der Waals surface area contributed by atoms with Crippen LogP contribution in [0, 0.1) is 11.8 Å². The van der Waals surface area contributed by atoms with Crippen molar-refractivity contribution in [2.75, 3.05) is 103 Å². The Balaban J connectivity index is 0.000000301. The Labute approximate surface area is 489 Å². The van der Waals surface area contributed by atoms with E-state index in [-0.39, 0.29) is 48.0 Å². The largest absolute Gasteiger partial charge is 0.501 e. The summed E-state index contributed by atoms with van der Waals surface area (Å²) >= 11 is 3.08. The Morgan fingerprint density at radius 1 is 0.549 bits per heavy atom. The van der Waals surface area contributed by atoms with E-state index < -0.39 is 70.3 Å². The van der Waals surface area contributed by atoms with E-state index in [1.165, 1.54) is 23.5 Å². The summed E-state index contributed by atoms with van der Waals surface area (Å²) in [6.07, 6.45) is 1.33. The van der Waals surface area contributed by atoms with Gasteiger partial charge in [0.25, 0.3) is 19.7 Å². The molecule has 0 aliphatic carbocycles. The molecule has 2 aliphatic rings. The van der Waals surface area contributed by atoms with Crippen LogP contribution in [-0.4, -0.2) is 180 Å². The third-order valence-electron chi connectivity index (χ3n) is 14.3. The fourth-order valence-electron chi connectivity index (χ4n) is 9.54. The van der Waals surface area contributed by atoms with Gasteiger partial charge in [-0.3, -0.25) is 9.80 Å². The first-order valence-electron chi connectivity index (χ1n) is 26.9. The zero-order valence-electron chi connectivity index (χ0n) is 46.4. The van der Waals surface area contributed by atoms with Crippen LogP contribution in [-0.2, 0) is 62.0 Å². The summed E-state index contributed by atoms with van der Waals surface area (Å²) in [6.45, 7) is 19.1. The summed E-state index contributed by atoms with van der Waals surface area (Å²) in [4.78, 5) is 7.58. The molecule has 0 radical (unpaired) electrons. The predicted octanol–water partition coefficient (Wildman–Crippen LogP) is 8.02. The molecule has 0 amide bonds. The van der Waals surface area contributed by atoms with Crippen molar-refractivity contribution in [3.8, 4) is 0 Å². The first kappa shape index (κ1) is 69.4. The number of nitrogens with two attached hydrogens (primary N) is 2. The predicted molar refractivity (Wildman–Crippen MR) is 308 cm³/mol. The lowest BCUT2D eigenvalue weighted by Gasteiger charge is -2.36. The van der Waals surface area contributed by atoms with Gasteiger partial charge in [0.1, 0.15) is 0 Å². The molecular formula is C54H76F6N6O10S6. The zero-order chi connectivity index (χ0) is 60.5. The summed E-state index contributed by atoms with van der Waals surface area (Å²) in [5.74, 6) is 0.651. The number of primary sulfonamides is 2. The molecule has 82 heavy (non-hydrogen) atoms. The first-order chi connectivity index (χ1) is 38.5. The highest BCUT2D eigenvalue weighted by Gasteiger charge is 2.49. The minimum Gasteiger partial charge on any atom is -0.374 e. The number of thioether (sulfide) groups is 2. The normalized spacial score (nSPS) is 18.1. The van der Waals surface area contributed by atoms with Crippen molar-refractivity contribution in [1.29, 1.82) is 0 Å². The molecule has 16 nitrogen and oxygen atoms in total. The summed E-state index contributed by atoms with van der Waals surface area (Å²) in [6, 6.07) is 24.5. The maximum Gasteiger partial charge on any atom is 0.501 e. The molecule has 6 rings (SSSR count). The van der Waals surface area contributed by atoms with Crippen molar-refractivity contribution in [3.05, 3.63) is 108 Å². The lowest BCUT2D eigenvalue weighted by Crippen LogP contribution is -2.48. The molecule has 4 atom stereocenters. The molecular weight excluding hydrogens is 1200 g/mol. The summed E-state index contributed by atoms with van der Waals surface area (Å²) in [7, 11) is -20.5. The molecule has 28 heteroatoms.